The molecular weight excluding hydrogens is 320 g/mol. The van der Waals surface area contributed by atoms with Crippen LogP contribution in [0.2, 0.25) is 5.02 Å². The Morgan fingerprint density at radius 2 is 2.17 bits per heavy atom. The summed E-state index contributed by atoms with van der Waals surface area (Å²) < 4.78 is 5.73. The number of rotatable bonds is 4. The number of hydrogen-bond donors (Lipinski definition) is 2. The Morgan fingerprint density at radius 3 is 2.67 bits per heavy atom. The molecule has 6 heteroatoms. The van der Waals surface area contributed by atoms with Crippen molar-refractivity contribution in [3.63, 3.8) is 0 Å². The number of carbonyl (C=O) groups excluding carboxylic acids is 1. The normalized spacial score (nSPS) is 12.1. The van der Waals surface area contributed by atoms with Gasteiger partial charge in [0.15, 0.2) is 0 Å². The average molecular weight is 336 g/mol. The molecule has 0 radical (unpaired) electrons. The first-order chi connectivity index (χ1) is 8.42. The first kappa shape index (κ1) is 15.3. The Bertz CT molecular complexity index is 466. The number of hydrogen-bond acceptors (Lipinski definition) is 3. The number of nitrogens with one attached hydrogen (secondary N) is 2. The largest absolute Gasteiger partial charge is 0.386 e. The molecule has 1 aromatic rings. The van der Waals surface area contributed by atoms with Gasteiger partial charge < -0.3 is 15.4 Å². The fourth-order valence-electron chi connectivity index (χ4n) is 1.40. The van der Waals surface area contributed by atoms with E-state index in [2.05, 4.69) is 26.6 Å². The Kier molecular flexibility index (Phi) is 5.44. The molecular formula is C12H16BrClN2O2. The number of halogens is 2. The Balaban J connectivity index is 3.15. The van der Waals surface area contributed by atoms with Crippen molar-refractivity contribution in [1.82, 2.24) is 0 Å². The quantitative estimate of drug-likeness (QED) is 0.886. The zero-order valence-electron chi connectivity index (χ0n) is 10.7. The molecule has 2 N–H and O–H groups in total. The lowest BCUT2D eigenvalue weighted by molar-refractivity contribution is -0.124. The highest BCUT2D eigenvalue weighted by Crippen LogP contribution is 2.38. The van der Waals surface area contributed by atoms with Gasteiger partial charge >= 0.3 is 0 Å². The van der Waals surface area contributed by atoms with Crippen LogP contribution >= 0.6 is 27.5 Å². The number of benzene rings is 1. The van der Waals surface area contributed by atoms with Crippen molar-refractivity contribution in [3.8, 4) is 0 Å². The molecule has 0 bridgehead atoms. The van der Waals surface area contributed by atoms with Crippen LogP contribution in [-0.4, -0.2) is 26.2 Å². The molecule has 1 amide bonds. The highest BCUT2D eigenvalue weighted by Gasteiger charge is 2.18. The molecule has 0 spiro atoms. The van der Waals surface area contributed by atoms with E-state index in [-0.39, 0.29) is 5.91 Å². The Morgan fingerprint density at radius 1 is 1.56 bits per heavy atom. The minimum atomic E-state index is -0.536. The predicted octanol–water partition coefficient (Wildman–Crippen LogP) is 3.43. The summed E-state index contributed by atoms with van der Waals surface area (Å²) >= 11 is 9.63. The Hall–Kier alpha value is -0.780. The minimum Gasteiger partial charge on any atom is -0.386 e. The third-order valence-corrected chi connectivity index (χ3v) is 4.26. The van der Waals surface area contributed by atoms with Gasteiger partial charge in [-0.1, -0.05) is 11.6 Å². The summed E-state index contributed by atoms with van der Waals surface area (Å²) in [6.45, 7) is 3.60. The smallest absolute Gasteiger partial charge is 0.253 e. The lowest BCUT2D eigenvalue weighted by atomic mass is 10.2. The molecule has 1 unspecified atom stereocenters. The fourth-order valence-corrected chi connectivity index (χ4v) is 2.02. The second-order valence-electron chi connectivity index (χ2n) is 3.86. The monoisotopic (exact) mass is 334 g/mol. The van der Waals surface area contributed by atoms with Crippen LogP contribution in [0.4, 0.5) is 11.4 Å². The predicted molar refractivity (Wildman–Crippen MR) is 78.5 cm³/mol. The molecule has 0 fully saturated rings. The van der Waals surface area contributed by atoms with Crippen molar-refractivity contribution in [2.24, 2.45) is 0 Å². The van der Waals surface area contributed by atoms with Gasteiger partial charge in [-0.2, -0.15) is 0 Å². The molecule has 18 heavy (non-hydrogen) atoms. The SMILES string of the molecule is CNc1cc(C)c(Br)c(Cl)c1NC(=O)C(C)OC. The number of methoxy groups -OCH3 is 1. The maximum absolute atomic E-state index is 11.8. The average Bonchev–Trinajstić information content (AvgIpc) is 2.37. The molecule has 0 heterocycles. The van der Waals surface area contributed by atoms with Crippen LogP contribution in [-0.2, 0) is 9.53 Å². The van der Waals surface area contributed by atoms with Gasteiger partial charge in [-0.05, 0) is 41.4 Å². The zero-order valence-corrected chi connectivity index (χ0v) is 13.1. The molecule has 4 nitrogen and oxygen atoms in total. The van der Waals surface area contributed by atoms with Gasteiger partial charge in [0.25, 0.3) is 5.91 Å². The van der Waals surface area contributed by atoms with Gasteiger partial charge in [0.2, 0.25) is 0 Å². The van der Waals surface area contributed by atoms with E-state index in [9.17, 15) is 4.79 Å². The summed E-state index contributed by atoms with van der Waals surface area (Å²) in [5.74, 6) is -0.244. The third-order valence-electron chi connectivity index (χ3n) is 2.63. The number of anilines is 2. The van der Waals surface area contributed by atoms with Gasteiger partial charge in [-0.15, -0.1) is 0 Å². The van der Waals surface area contributed by atoms with E-state index in [0.29, 0.717) is 10.7 Å². The van der Waals surface area contributed by atoms with Gasteiger partial charge in [-0.3, -0.25) is 4.79 Å². The van der Waals surface area contributed by atoms with E-state index in [0.717, 1.165) is 15.7 Å². The lowest BCUT2D eigenvalue weighted by Gasteiger charge is -2.17. The summed E-state index contributed by atoms with van der Waals surface area (Å²) in [7, 11) is 3.25. The first-order valence-electron chi connectivity index (χ1n) is 5.42. The fraction of sp³-hybridized carbons (Fsp3) is 0.417. The van der Waals surface area contributed by atoms with Crippen LogP contribution in [0, 0.1) is 6.92 Å². The zero-order chi connectivity index (χ0) is 13.9. The van der Waals surface area contributed by atoms with Crippen LogP contribution in [0.15, 0.2) is 10.5 Å². The first-order valence-corrected chi connectivity index (χ1v) is 6.59. The summed E-state index contributed by atoms with van der Waals surface area (Å²) in [6.07, 6.45) is -0.536. The van der Waals surface area contributed by atoms with Gasteiger partial charge in [0.1, 0.15) is 6.10 Å². The van der Waals surface area contributed by atoms with Crippen molar-refractivity contribution in [2.75, 3.05) is 24.8 Å². The summed E-state index contributed by atoms with van der Waals surface area (Å²) in [5, 5.41) is 6.23. The summed E-state index contributed by atoms with van der Waals surface area (Å²) in [5.41, 5.74) is 2.30. The van der Waals surface area contributed by atoms with Crippen molar-refractivity contribution >= 4 is 44.8 Å². The third kappa shape index (κ3) is 3.16. The molecule has 1 aromatic carbocycles. The molecule has 100 valence electrons. The molecule has 0 saturated heterocycles. The van der Waals surface area contributed by atoms with Crippen LogP contribution in [0.5, 0.6) is 0 Å². The second-order valence-corrected chi connectivity index (χ2v) is 5.03. The highest BCUT2D eigenvalue weighted by atomic mass is 79.9. The van der Waals surface area contributed by atoms with E-state index >= 15 is 0 Å². The van der Waals surface area contributed by atoms with Crippen molar-refractivity contribution in [1.29, 1.82) is 0 Å². The van der Waals surface area contributed by atoms with Gasteiger partial charge in [0.05, 0.1) is 16.4 Å². The number of amides is 1. The number of ether oxygens (including phenoxy) is 1. The topological polar surface area (TPSA) is 50.4 Å². The maximum Gasteiger partial charge on any atom is 0.253 e. The lowest BCUT2D eigenvalue weighted by Crippen LogP contribution is -2.27. The standard InChI is InChI=1S/C12H16BrClN2O2/c1-6-5-8(15-3)11(10(14)9(6)13)16-12(17)7(2)18-4/h5,7,15H,1-4H3,(H,16,17). The number of carbonyl (C=O) groups is 1. The van der Waals surface area contributed by atoms with E-state index in [1.54, 1.807) is 14.0 Å². The Labute approximate surface area is 120 Å². The second kappa shape index (κ2) is 6.41. The molecule has 0 saturated carbocycles. The maximum atomic E-state index is 11.8. The summed E-state index contributed by atoms with van der Waals surface area (Å²) in [6, 6.07) is 1.91. The minimum absolute atomic E-state index is 0.244. The van der Waals surface area contributed by atoms with Crippen LogP contribution < -0.4 is 10.6 Å². The van der Waals surface area contributed by atoms with Crippen molar-refractivity contribution < 1.29 is 9.53 Å². The van der Waals surface area contributed by atoms with E-state index in [1.165, 1.54) is 7.11 Å². The van der Waals surface area contributed by atoms with E-state index in [1.807, 2.05) is 13.0 Å². The molecule has 0 aliphatic heterocycles. The molecule has 1 rings (SSSR count). The molecule has 0 aliphatic rings. The molecule has 0 aromatic heterocycles. The van der Waals surface area contributed by atoms with Gasteiger partial charge in [0, 0.05) is 18.6 Å². The van der Waals surface area contributed by atoms with Crippen LogP contribution in [0.1, 0.15) is 12.5 Å². The van der Waals surface area contributed by atoms with E-state index in [4.69, 9.17) is 16.3 Å². The van der Waals surface area contributed by atoms with Crippen LogP contribution in [0.25, 0.3) is 0 Å². The van der Waals surface area contributed by atoms with Crippen molar-refractivity contribution in [3.05, 3.63) is 21.1 Å². The van der Waals surface area contributed by atoms with Gasteiger partial charge in [-0.25, -0.2) is 0 Å². The van der Waals surface area contributed by atoms with Crippen LogP contribution in [0.3, 0.4) is 0 Å². The highest BCUT2D eigenvalue weighted by molar-refractivity contribution is 9.10. The summed E-state index contributed by atoms with van der Waals surface area (Å²) in [4.78, 5) is 11.8. The van der Waals surface area contributed by atoms with E-state index < -0.39 is 6.10 Å². The molecule has 1 atom stereocenters. The molecule has 0 aliphatic carbocycles. The van der Waals surface area contributed by atoms with Crippen molar-refractivity contribution in [2.45, 2.75) is 20.0 Å². The number of aryl methyl sites for hydroxylation is 1.